The Kier molecular flexibility index (Phi) is 3.09. The lowest BCUT2D eigenvalue weighted by molar-refractivity contribution is 0.107. The third-order valence-electron chi connectivity index (χ3n) is 2.22. The summed E-state index contributed by atoms with van der Waals surface area (Å²) in [6, 6.07) is 7.20. The van der Waals surface area contributed by atoms with Gasteiger partial charge in [0.15, 0.2) is 13.3 Å². The third-order valence-corrected chi connectivity index (χ3v) is 8.84. The van der Waals surface area contributed by atoms with Crippen molar-refractivity contribution >= 4 is 33.1 Å². The van der Waals surface area contributed by atoms with Crippen LogP contribution in [0.15, 0.2) is 40.3 Å². The smallest absolute Gasteiger partial charge is 0.218 e. The highest BCUT2D eigenvalue weighted by Gasteiger charge is 2.17. The van der Waals surface area contributed by atoms with Gasteiger partial charge in [0.1, 0.15) is 0 Å². The van der Waals surface area contributed by atoms with Crippen molar-refractivity contribution in [2.45, 2.75) is 0 Å². The van der Waals surface area contributed by atoms with Crippen molar-refractivity contribution in [2.75, 3.05) is 0 Å². The van der Waals surface area contributed by atoms with Crippen LogP contribution in [0.3, 0.4) is 0 Å². The predicted octanol–water partition coefficient (Wildman–Crippen LogP) is 2.21. The fourth-order valence-electron chi connectivity index (χ4n) is 1.41. The molecule has 15 heavy (non-hydrogen) atoms. The molecule has 2 aromatic rings. The molecule has 0 aliphatic heterocycles. The van der Waals surface area contributed by atoms with Gasteiger partial charge in [-0.15, -0.1) is 0 Å². The summed E-state index contributed by atoms with van der Waals surface area (Å²) in [6.07, 6.45) is 1.66. The second-order valence-electron chi connectivity index (χ2n) is 3.20. The minimum absolute atomic E-state index is 0.163. The van der Waals surface area contributed by atoms with Crippen molar-refractivity contribution in [3.63, 3.8) is 0 Å². The van der Waals surface area contributed by atoms with E-state index in [1.807, 2.05) is 24.4 Å². The van der Waals surface area contributed by atoms with Gasteiger partial charge in [-0.2, -0.15) is 0 Å². The molecule has 0 radical (unpaired) electrons. The quantitative estimate of drug-likeness (QED) is 0.768. The fraction of sp³-hybridized carbons (Fsp3) is 0.100. The Morgan fingerprint density at radius 3 is 2.73 bits per heavy atom. The molecule has 5 heteroatoms. The lowest BCUT2D eigenvalue weighted by Gasteiger charge is -2.00. The largest absolute Gasteiger partial charge is 0.528 e. The summed E-state index contributed by atoms with van der Waals surface area (Å²) in [4.78, 5) is 12.1. The molecule has 1 aromatic carbocycles. The summed E-state index contributed by atoms with van der Waals surface area (Å²) in [6.45, 7) is 2.02. The van der Waals surface area contributed by atoms with Crippen LogP contribution in [0.1, 0.15) is 10.4 Å². The van der Waals surface area contributed by atoms with Crippen LogP contribution in [0.5, 0.6) is 0 Å². The molecular weight excluding hydrogens is 244 g/mol. The number of carbonyl (C=O) groups excluding carboxylic acids is 1. The number of rotatable bonds is 2. The van der Waals surface area contributed by atoms with Crippen LogP contribution in [0.25, 0.3) is 0 Å². The van der Waals surface area contributed by atoms with Gasteiger partial charge >= 0.3 is 0 Å². The van der Waals surface area contributed by atoms with Gasteiger partial charge in [0.2, 0.25) is 8.15 Å². The van der Waals surface area contributed by atoms with E-state index in [1.165, 1.54) is 0 Å². The molecule has 0 amide bonds. The summed E-state index contributed by atoms with van der Waals surface area (Å²) in [5.41, 5.74) is 2.55. The first-order valence-electron chi connectivity index (χ1n) is 4.53. The predicted molar refractivity (Wildman–Crippen MR) is 62.8 cm³/mol. The number of aryl methyl sites for hydroxylation is 1. The van der Waals surface area contributed by atoms with Crippen molar-refractivity contribution in [1.82, 2.24) is 0 Å². The molecule has 0 unspecified atom stereocenters. The van der Waals surface area contributed by atoms with Gasteiger partial charge in [0.25, 0.3) is 0 Å². The number of halogens is 1. The molecule has 0 N–H and O–H groups in total. The highest BCUT2D eigenvalue weighted by Crippen LogP contribution is 2.15. The first kappa shape index (κ1) is 10.7. The van der Waals surface area contributed by atoms with Gasteiger partial charge in [-0.3, -0.25) is 4.79 Å². The number of hydrogen-bond acceptors (Lipinski definition) is 2. The molecule has 0 saturated heterocycles. The highest BCUT2D eigenvalue weighted by molar-refractivity contribution is 7.15. The molecule has 0 atom stereocenters. The van der Waals surface area contributed by atoms with Gasteiger partial charge in [-0.25, -0.2) is 0 Å². The molecule has 76 valence electrons. The van der Waals surface area contributed by atoms with Crippen molar-refractivity contribution in [3.8, 4) is 0 Å². The van der Waals surface area contributed by atoms with E-state index in [9.17, 15) is 4.79 Å². The molecule has 1 aromatic heterocycles. The summed E-state index contributed by atoms with van der Waals surface area (Å²) in [5, 5.41) is 0.700. The number of hydrogen-bond donors (Lipinski definition) is 0. The van der Waals surface area contributed by atoms with Gasteiger partial charge < -0.3 is 4.10 Å². The average molecular weight is 253 g/mol. The second-order valence-corrected chi connectivity index (χ2v) is 10.3. The molecule has 2 rings (SSSR count). The zero-order valence-electron chi connectivity index (χ0n) is 8.16. The Hall–Kier alpha value is -0.846. The van der Waals surface area contributed by atoms with E-state index in [0.29, 0.717) is 10.6 Å². The molecule has 0 saturated carbocycles. The normalized spacial score (nSPS) is 10.3. The van der Waals surface area contributed by atoms with E-state index in [0.717, 1.165) is 0 Å². The minimum atomic E-state index is -1.17. The molecule has 1 heterocycles. The standard InChI is InChI=1S/C10H9ClO2Si2/c1-14-13-6-7-15(14)10(12)8-4-2-3-5-9(8)11/h2-7H,1H3. The van der Waals surface area contributed by atoms with Crippen LogP contribution in [0.4, 0.5) is 0 Å². The Morgan fingerprint density at radius 2 is 2.13 bits per heavy atom. The first-order chi connectivity index (χ1) is 7.20. The van der Waals surface area contributed by atoms with E-state index in [4.69, 9.17) is 15.7 Å². The molecular formula is C10H9ClO2Si2. The molecule has 0 aliphatic carbocycles. The van der Waals surface area contributed by atoms with E-state index in [2.05, 4.69) is 0 Å². The summed E-state index contributed by atoms with van der Waals surface area (Å²) < 4.78 is 5.35. The van der Waals surface area contributed by atoms with Crippen LogP contribution in [-0.2, 0) is 6.55 Å². The maximum atomic E-state index is 12.1. The highest BCUT2D eigenvalue weighted by atomic mass is 35.5. The van der Waals surface area contributed by atoms with Crippen molar-refractivity contribution in [3.05, 3.63) is 46.8 Å². The molecule has 0 spiro atoms. The zero-order valence-corrected chi connectivity index (χ0v) is 10.9. The second kappa shape index (κ2) is 4.34. The summed E-state index contributed by atoms with van der Waals surface area (Å²) >= 11 is 5.99. The SMILES string of the molecule is C[si]1occ[si]1C(=O)c1ccccc1Cl. The minimum Gasteiger partial charge on any atom is -0.528 e. The van der Waals surface area contributed by atoms with E-state index in [1.54, 1.807) is 18.4 Å². The lowest BCUT2D eigenvalue weighted by Crippen LogP contribution is -2.21. The van der Waals surface area contributed by atoms with Crippen LogP contribution in [0.2, 0.25) is 5.02 Å². The number of carbonyl (C=O) groups is 1. The number of benzene rings is 1. The van der Waals surface area contributed by atoms with E-state index < -0.39 is 16.1 Å². The molecule has 2 nitrogen and oxygen atoms in total. The maximum Gasteiger partial charge on any atom is 0.218 e. The van der Waals surface area contributed by atoms with E-state index in [-0.39, 0.29) is 5.41 Å². The third kappa shape index (κ3) is 2.06. The molecule has 0 fully saturated rings. The van der Waals surface area contributed by atoms with Crippen molar-refractivity contribution in [1.29, 1.82) is 0 Å². The van der Waals surface area contributed by atoms with Gasteiger partial charge in [0, 0.05) is 5.56 Å². The Balaban J connectivity index is 2.46. The van der Waals surface area contributed by atoms with Crippen LogP contribution < -0.4 is 0 Å². The molecule has 0 aliphatic rings. The van der Waals surface area contributed by atoms with Crippen LogP contribution in [-0.4, -0.2) is 21.5 Å². The van der Waals surface area contributed by atoms with Crippen LogP contribution in [0, 0.1) is 0 Å². The fourth-order valence-corrected chi connectivity index (χ4v) is 6.52. The van der Waals surface area contributed by atoms with Gasteiger partial charge in [-0.1, -0.05) is 29.8 Å². The lowest BCUT2D eigenvalue weighted by atomic mass is 10.2. The maximum absolute atomic E-state index is 12.1. The first-order valence-corrected chi connectivity index (χ1v) is 9.40. The summed E-state index contributed by atoms with van der Waals surface area (Å²) in [5.74, 6) is 0. The Morgan fingerprint density at radius 1 is 1.40 bits per heavy atom. The van der Waals surface area contributed by atoms with Crippen LogP contribution >= 0.6 is 11.6 Å². The topological polar surface area (TPSA) is 30.2 Å². The molecule has 0 bridgehead atoms. The summed E-state index contributed by atoms with van der Waals surface area (Å²) in [7, 11) is -2.14. The average Bonchev–Trinajstić information content (AvgIpc) is 2.64. The van der Waals surface area contributed by atoms with Gasteiger partial charge in [0.05, 0.1) is 11.3 Å². The van der Waals surface area contributed by atoms with Crippen molar-refractivity contribution in [2.24, 2.45) is 6.55 Å². The Bertz CT molecular complexity index is 508. The Labute approximate surface area is 95.5 Å². The van der Waals surface area contributed by atoms with Gasteiger partial charge in [-0.05, 0) is 18.3 Å². The monoisotopic (exact) mass is 252 g/mol. The van der Waals surface area contributed by atoms with E-state index >= 15 is 0 Å². The zero-order chi connectivity index (χ0) is 10.8. The van der Waals surface area contributed by atoms with Crippen molar-refractivity contribution < 1.29 is 8.89 Å².